The standard InChI is InChI=1S/C12H16ClN3O/c13-10-3-4-11(15-14-10)17-9-12-5-1-7-16(12)8-2-6-12/h3-4H,1-2,5-9H2. The van der Waals surface area contributed by atoms with Gasteiger partial charge in [-0.05, 0) is 44.8 Å². The quantitative estimate of drug-likeness (QED) is 0.827. The first-order chi connectivity index (χ1) is 8.28. The minimum Gasteiger partial charge on any atom is -0.475 e. The Balaban J connectivity index is 1.65. The molecule has 0 aromatic carbocycles. The van der Waals surface area contributed by atoms with Gasteiger partial charge in [-0.1, -0.05) is 11.6 Å². The second-order valence-electron chi connectivity index (χ2n) is 4.90. The van der Waals surface area contributed by atoms with E-state index < -0.39 is 0 Å². The van der Waals surface area contributed by atoms with E-state index in [4.69, 9.17) is 16.3 Å². The summed E-state index contributed by atoms with van der Waals surface area (Å²) >= 11 is 5.69. The van der Waals surface area contributed by atoms with E-state index in [9.17, 15) is 0 Å². The van der Waals surface area contributed by atoms with E-state index in [2.05, 4.69) is 15.1 Å². The first-order valence-corrected chi connectivity index (χ1v) is 6.53. The van der Waals surface area contributed by atoms with Gasteiger partial charge in [0.05, 0.1) is 5.54 Å². The summed E-state index contributed by atoms with van der Waals surface area (Å²) in [5, 5.41) is 8.11. The van der Waals surface area contributed by atoms with Gasteiger partial charge in [0.2, 0.25) is 5.88 Å². The van der Waals surface area contributed by atoms with E-state index in [0.717, 1.165) is 6.61 Å². The first kappa shape index (κ1) is 11.2. The van der Waals surface area contributed by atoms with Crippen molar-refractivity contribution in [2.24, 2.45) is 0 Å². The summed E-state index contributed by atoms with van der Waals surface area (Å²) in [5.74, 6) is 0.572. The van der Waals surface area contributed by atoms with Gasteiger partial charge < -0.3 is 4.74 Å². The summed E-state index contributed by atoms with van der Waals surface area (Å²) in [7, 11) is 0. The van der Waals surface area contributed by atoms with Gasteiger partial charge in [0.25, 0.3) is 0 Å². The van der Waals surface area contributed by atoms with Gasteiger partial charge >= 0.3 is 0 Å². The average molecular weight is 254 g/mol. The van der Waals surface area contributed by atoms with E-state index >= 15 is 0 Å². The van der Waals surface area contributed by atoms with Crippen molar-refractivity contribution in [3.05, 3.63) is 17.3 Å². The van der Waals surface area contributed by atoms with Gasteiger partial charge in [-0.15, -0.1) is 10.2 Å². The Morgan fingerprint density at radius 1 is 1.24 bits per heavy atom. The second-order valence-corrected chi connectivity index (χ2v) is 5.29. The lowest BCUT2D eigenvalue weighted by Crippen LogP contribution is -2.43. The maximum Gasteiger partial charge on any atom is 0.233 e. The molecule has 4 nitrogen and oxygen atoms in total. The molecule has 92 valence electrons. The number of hydrogen-bond acceptors (Lipinski definition) is 4. The maximum atomic E-state index is 5.78. The monoisotopic (exact) mass is 253 g/mol. The Morgan fingerprint density at radius 3 is 2.65 bits per heavy atom. The van der Waals surface area contributed by atoms with Gasteiger partial charge in [-0.3, -0.25) is 4.90 Å². The molecular weight excluding hydrogens is 238 g/mol. The van der Waals surface area contributed by atoms with Crippen LogP contribution in [0.3, 0.4) is 0 Å². The lowest BCUT2D eigenvalue weighted by atomic mass is 9.95. The molecule has 3 rings (SSSR count). The number of halogens is 1. The smallest absolute Gasteiger partial charge is 0.233 e. The fourth-order valence-corrected chi connectivity index (χ4v) is 3.15. The molecule has 0 unspecified atom stereocenters. The third kappa shape index (κ3) is 2.11. The van der Waals surface area contributed by atoms with Gasteiger partial charge in [0, 0.05) is 6.07 Å². The summed E-state index contributed by atoms with van der Waals surface area (Å²) in [5.41, 5.74) is 0.265. The zero-order valence-electron chi connectivity index (χ0n) is 9.73. The summed E-state index contributed by atoms with van der Waals surface area (Å²) in [6.07, 6.45) is 5.06. The lowest BCUT2D eigenvalue weighted by Gasteiger charge is -2.31. The number of nitrogens with zero attached hydrogens (tertiary/aromatic N) is 3. The number of fused-ring (bicyclic) bond motifs is 1. The van der Waals surface area contributed by atoms with E-state index in [1.807, 2.05) is 0 Å². The topological polar surface area (TPSA) is 38.2 Å². The highest BCUT2D eigenvalue weighted by molar-refractivity contribution is 6.29. The van der Waals surface area contributed by atoms with Crippen molar-refractivity contribution in [1.82, 2.24) is 15.1 Å². The van der Waals surface area contributed by atoms with Crippen LogP contribution in [0.1, 0.15) is 25.7 Å². The van der Waals surface area contributed by atoms with Gasteiger partial charge in [-0.25, -0.2) is 0 Å². The van der Waals surface area contributed by atoms with Crippen LogP contribution in [0.4, 0.5) is 0 Å². The fraction of sp³-hybridized carbons (Fsp3) is 0.667. The summed E-state index contributed by atoms with van der Waals surface area (Å²) < 4.78 is 5.78. The van der Waals surface area contributed by atoms with Crippen molar-refractivity contribution in [2.75, 3.05) is 19.7 Å². The van der Waals surface area contributed by atoms with Crippen molar-refractivity contribution >= 4 is 11.6 Å². The van der Waals surface area contributed by atoms with Gasteiger partial charge in [-0.2, -0.15) is 0 Å². The van der Waals surface area contributed by atoms with Crippen LogP contribution < -0.4 is 4.74 Å². The molecule has 2 aliphatic rings. The van der Waals surface area contributed by atoms with Crippen molar-refractivity contribution < 1.29 is 4.74 Å². The lowest BCUT2D eigenvalue weighted by molar-refractivity contribution is 0.110. The molecule has 0 saturated carbocycles. The van der Waals surface area contributed by atoms with E-state index in [1.165, 1.54) is 38.8 Å². The number of ether oxygens (including phenoxy) is 1. The molecule has 3 heterocycles. The first-order valence-electron chi connectivity index (χ1n) is 6.16. The van der Waals surface area contributed by atoms with Crippen LogP contribution in [-0.2, 0) is 0 Å². The van der Waals surface area contributed by atoms with Crippen LogP contribution in [-0.4, -0.2) is 40.3 Å². The van der Waals surface area contributed by atoms with Crippen molar-refractivity contribution in [1.29, 1.82) is 0 Å². The molecule has 0 amide bonds. The number of aromatic nitrogens is 2. The third-order valence-corrected chi connectivity index (χ3v) is 4.11. The molecule has 17 heavy (non-hydrogen) atoms. The van der Waals surface area contributed by atoms with Crippen LogP contribution in [0, 0.1) is 0 Å². The predicted molar refractivity (Wildman–Crippen MR) is 65.3 cm³/mol. The Hall–Kier alpha value is -0.870. The largest absolute Gasteiger partial charge is 0.475 e. The van der Waals surface area contributed by atoms with Crippen molar-refractivity contribution in [3.8, 4) is 5.88 Å². The molecule has 2 fully saturated rings. The highest BCUT2D eigenvalue weighted by atomic mass is 35.5. The molecule has 0 radical (unpaired) electrons. The van der Waals surface area contributed by atoms with Crippen LogP contribution >= 0.6 is 11.6 Å². The molecule has 0 bridgehead atoms. The zero-order valence-corrected chi connectivity index (χ0v) is 10.5. The molecule has 1 aromatic heterocycles. The highest BCUT2D eigenvalue weighted by Gasteiger charge is 2.44. The average Bonchev–Trinajstić information content (AvgIpc) is 2.87. The van der Waals surface area contributed by atoms with E-state index in [1.54, 1.807) is 12.1 Å². The minimum absolute atomic E-state index is 0.265. The molecule has 0 N–H and O–H groups in total. The molecule has 2 aliphatic heterocycles. The predicted octanol–water partition coefficient (Wildman–Crippen LogP) is 2.14. The Labute approximate surface area is 106 Å². The molecule has 0 aliphatic carbocycles. The molecule has 0 atom stereocenters. The Kier molecular flexibility index (Phi) is 2.92. The maximum absolute atomic E-state index is 5.78. The van der Waals surface area contributed by atoms with E-state index in [0.29, 0.717) is 11.0 Å². The zero-order chi connectivity index (χ0) is 11.7. The molecule has 1 aromatic rings. The minimum atomic E-state index is 0.265. The van der Waals surface area contributed by atoms with Gasteiger partial charge in [0.1, 0.15) is 6.61 Å². The third-order valence-electron chi connectivity index (χ3n) is 3.91. The normalized spacial score (nSPS) is 22.6. The van der Waals surface area contributed by atoms with Crippen LogP contribution in [0.5, 0.6) is 5.88 Å². The summed E-state index contributed by atoms with van der Waals surface area (Å²) in [6, 6.07) is 3.49. The SMILES string of the molecule is Clc1ccc(OCC23CCCN2CCC3)nn1. The number of hydrogen-bond donors (Lipinski definition) is 0. The summed E-state index contributed by atoms with van der Waals surface area (Å²) in [6.45, 7) is 3.16. The summed E-state index contributed by atoms with van der Waals surface area (Å²) in [4.78, 5) is 2.57. The van der Waals surface area contributed by atoms with Crippen molar-refractivity contribution in [2.45, 2.75) is 31.2 Å². The van der Waals surface area contributed by atoms with Crippen LogP contribution in [0.15, 0.2) is 12.1 Å². The second kappa shape index (κ2) is 4.42. The molecular formula is C12H16ClN3O. The molecule has 2 saturated heterocycles. The van der Waals surface area contributed by atoms with Crippen molar-refractivity contribution in [3.63, 3.8) is 0 Å². The fourth-order valence-electron chi connectivity index (χ4n) is 3.05. The van der Waals surface area contributed by atoms with Crippen LogP contribution in [0.2, 0.25) is 5.15 Å². The molecule has 0 spiro atoms. The Bertz CT molecular complexity index is 385. The molecule has 5 heteroatoms. The van der Waals surface area contributed by atoms with Gasteiger partial charge in [0.15, 0.2) is 5.15 Å². The van der Waals surface area contributed by atoms with E-state index in [-0.39, 0.29) is 5.54 Å². The number of rotatable bonds is 3. The highest BCUT2D eigenvalue weighted by Crippen LogP contribution is 2.38. The Morgan fingerprint density at radius 2 is 2.00 bits per heavy atom. The van der Waals surface area contributed by atoms with Crippen LogP contribution in [0.25, 0.3) is 0 Å².